The van der Waals surface area contributed by atoms with E-state index in [1.165, 1.54) is 19.3 Å². The summed E-state index contributed by atoms with van der Waals surface area (Å²) >= 11 is 0. The van der Waals surface area contributed by atoms with Crippen LogP contribution in [0, 0.1) is 11.8 Å². The van der Waals surface area contributed by atoms with Gasteiger partial charge in [0.2, 0.25) is 0 Å². The van der Waals surface area contributed by atoms with Crippen molar-refractivity contribution in [1.82, 2.24) is 20.1 Å². The van der Waals surface area contributed by atoms with Crippen molar-refractivity contribution in [1.29, 1.82) is 0 Å². The molecule has 2 unspecified atom stereocenters. The van der Waals surface area contributed by atoms with Crippen LogP contribution in [0.25, 0.3) is 0 Å². The zero-order valence-corrected chi connectivity index (χ0v) is 11.2. The Morgan fingerprint density at radius 1 is 1.47 bits per heavy atom. The average molecular weight is 236 g/mol. The van der Waals surface area contributed by atoms with Gasteiger partial charge < -0.3 is 5.32 Å². The maximum Gasteiger partial charge on any atom is 0.140 e. The summed E-state index contributed by atoms with van der Waals surface area (Å²) in [7, 11) is 0. The molecule has 1 saturated carbocycles. The molecule has 1 heterocycles. The van der Waals surface area contributed by atoms with Gasteiger partial charge in [-0.05, 0) is 24.7 Å². The maximum absolute atomic E-state index is 4.34. The van der Waals surface area contributed by atoms with Crippen LogP contribution in [-0.4, -0.2) is 20.8 Å². The molecule has 2 rings (SSSR count). The van der Waals surface area contributed by atoms with E-state index in [-0.39, 0.29) is 0 Å². The summed E-state index contributed by atoms with van der Waals surface area (Å²) in [5.74, 6) is 2.48. The molecule has 0 aromatic carbocycles. The maximum atomic E-state index is 4.34. The molecule has 1 aliphatic rings. The van der Waals surface area contributed by atoms with Gasteiger partial charge in [-0.2, -0.15) is 5.10 Å². The Bertz CT molecular complexity index is 345. The molecule has 4 heteroatoms. The summed E-state index contributed by atoms with van der Waals surface area (Å²) in [6, 6.07) is 0.666. The van der Waals surface area contributed by atoms with Gasteiger partial charge in [0.25, 0.3) is 0 Å². The normalized spacial score (nSPS) is 24.7. The van der Waals surface area contributed by atoms with E-state index in [4.69, 9.17) is 0 Å². The van der Waals surface area contributed by atoms with Crippen molar-refractivity contribution >= 4 is 0 Å². The van der Waals surface area contributed by atoms with Gasteiger partial charge in [0, 0.05) is 12.6 Å². The van der Waals surface area contributed by atoms with Crippen molar-refractivity contribution < 1.29 is 0 Å². The third kappa shape index (κ3) is 3.28. The Kier molecular flexibility index (Phi) is 4.15. The van der Waals surface area contributed by atoms with Crippen LogP contribution < -0.4 is 5.32 Å². The number of hydrogen-bond acceptors (Lipinski definition) is 3. The summed E-state index contributed by atoms with van der Waals surface area (Å²) < 4.78 is 2.03. The molecule has 1 fully saturated rings. The van der Waals surface area contributed by atoms with Crippen LogP contribution in [0.5, 0.6) is 0 Å². The Balaban J connectivity index is 1.88. The molecule has 0 bridgehead atoms. The van der Waals surface area contributed by atoms with E-state index in [2.05, 4.69) is 36.2 Å². The highest BCUT2D eigenvalue weighted by Crippen LogP contribution is 2.24. The molecule has 0 radical (unpaired) electrons. The minimum Gasteiger partial charge on any atom is -0.307 e. The van der Waals surface area contributed by atoms with Crippen molar-refractivity contribution in [3.63, 3.8) is 0 Å². The van der Waals surface area contributed by atoms with Gasteiger partial charge >= 0.3 is 0 Å². The summed E-state index contributed by atoms with van der Waals surface area (Å²) in [6.07, 6.45) is 5.69. The molecule has 1 aromatic rings. The standard InChI is InChI=1S/C13H24N4/c1-10(2)8-17-13(15-9-16-17)7-14-12-6-4-5-11(12)3/h9-12,14H,4-8H2,1-3H3. The van der Waals surface area contributed by atoms with Crippen LogP contribution >= 0.6 is 0 Å². The minimum absolute atomic E-state index is 0.612. The fourth-order valence-electron chi connectivity index (χ4n) is 2.59. The fraction of sp³-hybridized carbons (Fsp3) is 0.846. The Labute approximate surface area is 104 Å². The van der Waals surface area contributed by atoms with Crippen LogP contribution in [0.3, 0.4) is 0 Å². The van der Waals surface area contributed by atoms with E-state index in [1.54, 1.807) is 6.33 Å². The highest BCUT2D eigenvalue weighted by Gasteiger charge is 2.23. The lowest BCUT2D eigenvalue weighted by Gasteiger charge is -2.17. The third-order valence-corrected chi connectivity index (χ3v) is 3.62. The highest BCUT2D eigenvalue weighted by molar-refractivity contribution is 4.88. The number of aromatic nitrogens is 3. The molecule has 96 valence electrons. The number of nitrogens with zero attached hydrogens (tertiary/aromatic N) is 3. The number of hydrogen-bond donors (Lipinski definition) is 1. The van der Waals surface area contributed by atoms with E-state index in [9.17, 15) is 0 Å². The zero-order chi connectivity index (χ0) is 12.3. The lowest BCUT2D eigenvalue weighted by molar-refractivity contribution is 0.402. The lowest BCUT2D eigenvalue weighted by Crippen LogP contribution is -2.31. The quantitative estimate of drug-likeness (QED) is 0.852. The topological polar surface area (TPSA) is 42.7 Å². The summed E-state index contributed by atoms with van der Waals surface area (Å²) in [5.41, 5.74) is 0. The van der Waals surface area contributed by atoms with Crippen LogP contribution in [0.1, 0.15) is 45.9 Å². The first-order valence-electron chi connectivity index (χ1n) is 6.77. The first kappa shape index (κ1) is 12.6. The van der Waals surface area contributed by atoms with Crippen molar-refractivity contribution in [2.24, 2.45) is 11.8 Å². The summed E-state index contributed by atoms with van der Waals surface area (Å²) in [4.78, 5) is 4.34. The monoisotopic (exact) mass is 236 g/mol. The van der Waals surface area contributed by atoms with E-state index >= 15 is 0 Å². The molecular formula is C13H24N4. The SMILES string of the molecule is CC(C)Cn1ncnc1CNC1CCCC1C. The molecule has 0 spiro atoms. The van der Waals surface area contributed by atoms with Crippen LogP contribution in [0.4, 0.5) is 0 Å². The predicted molar refractivity (Wildman–Crippen MR) is 68.5 cm³/mol. The van der Waals surface area contributed by atoms with Gasteiger partial charge in [-0.15, -0.1) is 0 Å². The van der Waals surface area contributed by atoms with E-state index in [0.717, 1.165) is 24.8 Å². The Hall–Kier alpha value is -0.900. The van der Waals surface area contributed by atoms with Crippen LogP contribution in [0.2, 0.25) is 0 Å². The molecule has 2 atom stereocenters. The largest absolute Gasteiger partial charge is 0.307 e. The van der Waals surface area contributed by atoms with Gasteiger partial charge in [0.1, 0.15) is 12.2 Å². The lowest BCUT2D eigenvalue weighted by atomic mass is 10.1. The minimum atomic E-state index is 0.612. The first-order valence-corrected chi connectivity index (χ1v) is 6.77. The predicted octanol–water partition coefficient (Wildman–Crippen LogP) is 2.21. The molecule has 1 aliphatic carbocycles. The van der Waals surface area contributed by atoms with Crippen molar-refractivity contribution in [3.05, 3.63) is 12.2 Å². The van der Waals surface area contributed by atoms with Crippen LogP contribution in [0.15, 0.2) is 6.33 Å². The molecule has 17 heavy (non-hydrogen) atoms. The van der Waals surface area contributed by atoms with E-state index in [0.29, 0.717) is 12.0 Å². The molecular weight excluding hydrogens is 212 g/mol. The number of nitrogens with one attached hydrogen (secondary N) is 1. The molecule has 4 nitrogen and oxygen atoms in total. The third-order valence-electron chi connectivity index (χ3n) is 3.62. The molecule has 0 amide bonds. The zero-order valence-electron chi connectivity index (χ0n) is 11.2. The Morgan fingerprint density at radius 2 is 2.29 bits per heavy atom. The van der Waals surface area contributed by atoms with Crippen molar-refractivity contribution in [3.8, 4) is 0 Å². The fourth-order valence-corrected chi connectivity index (χ4v) is 2.59. The van der Waals surface area contributed by atoms with Gasteiger partial charge in [0.05, 0.1) is 6.54 Å². The van der Waals surface area contributed by atoms with Gasteiger partial charge in [-0.1, -0.05) is 27.2 Å². The molecule has 1 N–H and O–H groups in total. The molecule has 0 aliphatic heterocycles. The van der Waals surface area contributed by atoms with E-state index in [1.807, 2.05) is 4.68 Å². The second-order valence-electron chi connectivity index (χ2n) is 5.65. The summed E-state index contributed by atoms with van der Waals surface area (Å²) in [6.45, 7) is 8.55. The second kappa shape index (κ2) is 5.63. The van der Waals surface area contributed by atoms with Crippen molar-refractivity contribution in [2.75, 3.05) is 0 Å². The van der Waals surface area contributed by atoms with E-state index < -0.39 is 0 Å². The summed E-state index contributed by atoms with van der Waals surface area (Å²) in [5, 5.41) is 7.91. The number of rotatable bonds is 5. The smallest absolute Gasteiger partial charge is 0.140 e. The van der Waals surface area contributed by atoms with Gasteiger partial charge in [0.15, 0.2) is 0 Å². The highest BCUT2D eigenvalue weighted by atomic mass is 15.3. The molecule has 0 saturated heterocycles. The van der Waals surface area contributed by atoms with Crippen molar-refractivity contribution in [2.45, 2.75) is 59.2 Å². The molecule has 1 aromatic heterocycles. The van der Waals surface area contributed by atoms with Gasteiger partial charge in [-0.25, -0.2) is 9.67 Å². The van der Waals surface area contributed by atoms with Crippen LogP contribution in [-0.2, 0) is 13.1 Å². The first-order chi connectivity index (χ1) is 8.16. The Morgan fingerprint density at radius 3 is 2.94 bits per heavy atom. The second-order valence-corrected chi connectivity index (χ2v) is 5.65. The van der Waals surface area contributed by atoms with Gasteiger partial charge in [-0.3, -0.25) is 0 Å². The average Bonchev–Trinajstić information content (AvgIpc) is 2.84.